The summed E-state index contributed by atoms with van der Waals surface area (Å²) >= 11 is 0. The van der Waals surface area contributed by atoms with Crippen molar-refractivity contribution in [2.75, 3.05) is 46.5 Å². The first-order valence-corrected chi connectivity index (χ1v) is 11.4. The molecule has 0 aromatic carbocycles. The number of piperidine rings is 1. The zero-order chi connectivity index (χ0) is 20.3. The third-order valence-corrected chi connectivity index (χ3v) is 5.71. The van der Waals surface area contributed by atoms with Crippen LogP contribution in [-0.2, 0) is 28.9 Å². The fourth-order valence-corrected chi connectivity index (χ4v) is 4.11. The molecule has 30 heavy (non-hydrogen) atoms. The van der Waals surface area contributed by atoms with Gasteiger partial charge < -0.3 is 24.3 Å². The summed E-state index contributed by atoms with van der Waals surface area (Å²) in [5.41, 5.74) is 0. The van der Waals surface area contributed by atoms with E-state index in [2.05, 4.69) is 31.9 Å². The number of guanidine groups is 1. The Balaban J connectivity index is 0.00000320. The van der Waals surface area contributed by atoms with Crippen molar-refractivity contribution in [3.63, 3.8) is 0 Å². The molecular weight excluding hydrogens is 495 g/mol. The van der Waals surface area contributed by atoms with Gasteiger partial charge in [-0.2, -0.15) is 0 Å². The molecule has 0 saturated carbocycles. The van der Waals surface area contributed by atoms with Gasteiger partial charge in [0.2, 0.25) is 0 Å². The van der Waals surface area contributed by atoms with Gasteiger partial charge in [0.1, 0.15) is 11.6 Å². The predicted octanol–water partition coefficient (Wildman–Crippen LogP) is 2.65. The molecule has 8 nitrogen and oxygen atoms in total. The number of rotatable bonds is 9. The third-order valence-electron chi connectivity index (χ3n) is 5.71. The van der Waals surface area contributed by atoms with Crippen molar-refractivity contribution in [3.05, 3.63) is 11.6 Å². The fourth-order valence-electron chi connectivity index (χ4n) is 4.11. The molecule has 0 aliphatic carbocycles. The number of likely N-dealkylation sites (tertiary alicyclic amines) is 1. The number of halogens is 1. The molecule has 1 aromatic heterocycles. The molecule has 0 bridgehead atoms. The predicted molar refractivity (Wildman–Crippen MR) is 130 cm³/mol. The number of hydrogen-bond donors (Lipinski definition) is 1. The largest absolute Gasteiger partial charge is 0.385 e. The molecule has 3 heterocycles. The van der Waals surface area contributed by atoms with Crippen LogP contribution in [0.25, 0.3) is 0 Å². The van der Waals surface area contributed by atoms with E-state index in [1.807, 2.05) is 0 Å². The Kier molecular flexibility index (Phi) is 12.0. The van der Waals surface area contributed by atoms with E-state index in [4.69, 9.17) is 14.5 Å². The van der Waals surface area contributed by atoms with Crippen LogP contribution in [0.15, 0.2) is 4.99 Å². The van der Waals surface area contributed by atoms with Crippen molar-refractivity contribution >= 4 is 29.9 Å². The molecule has 172 valence electrons. The Morgan fingerprint density at radius 1 is 1.13 bits per heavy atom. The lowest BCUT2D eigenvalue weighted by Gasteiger charge is -2.34. The van der Waals surface area contributed by atoms with Crippen molar-refractivity contribution in [2.45, 2.75) is 70.9 Å². The van der Waals surface area contributed by atoms with Gasteiger partial charge in [0, 0.05) is 65.9 Å². The standard InChI is InChI=1S/C21H38N6O2.HI/c1-3-22-21(26-14-10-18(11-15-26)29-17-7-16-28-2)23-12-9-20-25-24-19-8-5-4-6-13-27(19)20;/h18H,3-17H2,1-2H3,(H,22,23);1H. The van der Waals surface area contributed by atoms with Gasteiger partial charge in [-0.3, -0.25) is 4.99 Å². The van der Waals surface area contributed by atoms with Crippen LogP contribution >= 0.6 is 24.0 Å². The van der Waals surface area contributed by atoms with Gasteiger partial charge in [-0.05, 0) is 39.0 Å². The van der Waals surface area contributed by atoms with E-state index < -0.39 is 0 Å². The average molecular weight is 534 g/mol. The molecule has 0 radical (unpaired) electrons. The molecule has 9 heteroatoms. The van der Waals surface area contributed by atoms with Crippen molar-refractivity contribution in [3.8, 4) is 0 Å². The van der Waals surface area contributed by atoms with E-state index in [9.17, 15) is 0 Å². The number of aromatic nitrogens is 3. The maximum Gasteiger partial charge on any atom is 0.193 e. The van der Waals surface area contributed by atoms with Gasteiger partial charge in [0.15, 0.2) is 5.96 Å². The van der Waals surface area contributed by atoms with E-state index in [0.29, 0.717) is 6.10 Å². The molecule has 1 saturated heterocycles. The number of nitrogens with zero attached hydrogens (tertiary/aromatic N) is 5. The topological polar surface area (TPSA) is 76.8 Å². The Bertz CT molecular complexity index is 631. The summed E-state index contributed by atoms with van der Waals surface area (Å²) in [4.78, 5) is 7.25. The van der Waals surface area contributed by atoms with Gasteiger partial charge >= 0.3 is 0 Å². The highest BCUT2D eigenvalue weighted by Crippen LogP contribution is 2.16. The SMILES string of the molecule is CCNC(=NCCc1nnc2n1CCCCC2)N1CCC(OCCCOC)CC1.I. The molecule has 2 aliphatic heterocycles. The molecule has 3 rings (SSSR count). The number of aryl methyl sites for hydroxylation is 1. The quantitative estimate of drug-likeness (QED) is 0.227. The third kappa shape index (κ3) is 7.64. The molecule has 1 fully saturated rings. The summed E-state index contributed by atoms with van der Waals surface area (Å²) in [6.07, 6.45) is 9.08. The molecule has 1 N–H and O–H groups in total. The Labute approximate surface area is 198 Å². The van der Waals surface area contributed by atoms with Crippen LogP contribution in [0, 0.1) is 0 Å². The van der Waals surface area contributed by atoms with E-state index >= 15 is 0 Å². The summed E-state index contributed by atoms with van der Waals surface area (Å²) in [6, 6.07) is 0. The normalized spacial score (nSPS) is 17.9. The minimum Gasteiger partial charge on any atom is -0.385 e. The zero-order valence-electron chi connectivity index (χ0n) is 18.6. The van der Waals surface area contributed by atoms with Gasteiger partial charge in [-0.1, -0.05) is 6.42 Å². The van der Waals surface area contributed by atoms with Crippen LogP contribution in [0.2, 0.25) is 0 Å². The summed E-state index contributed by atoms with van der Waals surface area (Å²) in [5.74, 6) is 3.26. The van der Waals surface area contributed by atoms with Gasteiger partial charge in [0.05, 0.1) is 6.10 Å². The maximum absolute atomic E-state index is 5.98. The second-order valence-electron chi connectivity index (χ2n) is 7.88. The number of fused-ring (bicyclic) bond motifs is 1. The first kappa shape index (κ1) is 25.3. The number of methoxy groups -OCH3 is 1. The van der Waals surface area contributed by atoms with E-state index in [0.717, 1.165) is 95.7 Å². The smallest absolute Gasteiger partial charge is 0.193 e. The van der Waals surface area contributed by atoms with Crippen molar-refractivity contribution in [2.24, 2.45) is 4.99 Å². The summed E-state index contributed by atoms with van der Waals surface area (Å²) < 4.78 is 13.4. The van der Waals surface area contributed by atoms with Gasteiger partial charge in [0.25, 0.3) is 0 Å². The Morgan fingerprint density at radius 3 is 2.73 bits per heavy atom. The Hall–Kier alpha value is -0.940. The molecule has 2 aliphatic rings. The minimum absolute atomic E-state index is 0. The van der Waals surface area contributed by atoms with Gasteiger partial charge in [-0.15, -0.1) is 34.2 Å². The molecule has 0 spiro atoms. The van der Waals surface area contributed by atoms with Crippen molar-refractivity contribution in [1.82, 2.24) is 25.0 Å². The van der Waals surface area contributed by atoms with Gasteiger partial charge in [-0.25, -0.2) is 0 Å². The summed E-state index contributed by atoms with van der Waals surface area (Å²) in [7, 11) is 1.74. The Morgan fingerprint density at radius 2 is 1.97 bits per heavy atom. The van der Waals surface area contributed by atoms with Crippen LogP contribution in [0.5, 0.6) is 0 Å². The van der Waals surface area contributed by atoms with Crippen LogP contribution < -0.4 is 5.32 Å². The molecule has 0 amide bonds. The highest BCUT2D eigenvalue weighted by atomic mass is 127. The second-order valence-corrected chi connectivity index (χ2v) is 7.88. The zero-order valence-corrected chi connectivity index (χ0v) is 21.0. The summed E-state index contributed by atoms with van der Waals surface area (Å²) in [6.45, 7) is 8.34. The number of aliphatic imine (C=N–C) groups is 1. The highest BCUT2D eigenvalue weighted by Gasteiger charge is 2.22. The second kappa shape index (κ2) is 14.2. The highest BCUT2D eigenvalue weighted by molar-refractivity contribution is 14.0. The van der Waals surface area contributed by atoms with E-state index in [1.165, 1.54) is 19.3 Å². The number of nitrogens with one attached hydrogen (secondary N) is 1. The van der Waals surface area contributed by atoms with Crippen LogP contribution in [0.4, 0.5) is 0 Å². The van der Waals surface area contributed by atoms with Crippen molar-refractivity contribution < 1.29 is 9.47 Å². The summed E-state index contributed by atoms with van der Waals surface area (Å²) in [5, 5.41) is 12.3. The van der Waals surface area contributed by atoms with E-state index in [1.54, 1.807) is 7.11 Å². The molecule has 0 unspecified atom stereocenters. The first-order chi connectivity index (χ1) is 14.3. The molecule has 1 aromatic rings. The minimum atomic E-state index is 0. The van der Waals surface area contributed by atoms with Crippen molar-refractivity contribution in [1.29, 1.82) is 0 Å². The lowest BCUT2D eigenvalue weighted by atomic mass is 10.1. The van der Waals surface area contributed by atoms with Crippen LogP contribution in [-0.4, -0.2) is 78.2 Å². The first-order valence-electron chi connectivity index (χ1n) is 11.4. The van der Waals surface area contributed by atoms with E-state index in [-0.39, 0.29) is 24.0 Å². The lowest BCUT2D eigenvalue weighted by Crippen LogP contribution is -2.47. The fraction of sp³-hybridized carbons (Fsp3) is 0.857. The molecular formula is C21H39IN6O2. The number of ether oxygens (including phenoxy) is 2. The molecule has 0 atom stereocenters. The lowest BCUT2D eigenvalue weighted by molar-refractivity contribution is 0.00991. The average Bonchev–Trinajstić information content (AvgIpc) is 2.97. The van der Waals surface area contributed by atoms with Crippen LogP contribution in [0.3, 0.4) is 0 Å². The monoisotopic (exact) mass is 534 g/mol. The maximum atomic E-state index is 5.98. The van der Waals surface area contributed by atoms with Crippen LogP contribution in [0.1, 0.15) is 57.1 Å². The number of hydrogen-bond acceptors (Lipinski definition) is 5.